The molecule has 0 saturated carbocycles. The standard InChI is InChI=1S/C26H25Cl2N5O2S2/c1-3-5-13-35-19-9-6-17(7-10-19)24-31-32-26(33(24)12-4-2)37-16-23(34)30-25-29-22(15-36-25)20-11-8-18(27)14-21(20)28/h4,6-11,14-15H,2-3,5,12-13,16H2,1H3,(H,29,30,34). The van der Waals surface area contributed by atoms with Crippen molar-refractivity contribution in [3.8, 4) is 28.4 Å². The smallest absolute Gasteiger partial charge is 0.236 e. The quantitative estimate of drug-likeness (QED) is 0.107. The monoisotopic (exact) mass is 573 g/mol. The lowest BCUT2D eigenvalue weighted by molar-refractivity contribution is -0.113. The summed E-state index contributed by atoms with van der Waals surface area (Å²) in [6.07, 6.45) is 3.88. The summed E-state index contributed by atoms with van der Waals surface area (Å²) >= 11 is 14.9. The zero-order valence-electron chi connectivity index (χ0n) is 20.1. The first-order chi connectivity index (χ1) is 18.0. The van der Waals surface area contributed by atoms with E-state index in [4.69, 9.17) is 27.9 Å². The average molecular weight is 575 g/mol. The van der Waals surface area contributed by atoms with E-state index in [0.29, 0.717) is 45.0 Å². The zero-order valence-corrected chi connectivity index (χ0v) is 23.3. The first kappa shape index (κ1) is 27.2. The molecule has 11 heteroatoms. The number of carbonyl (C=O) groups excluding carboxylic acids is 1. The Kier molecular flexibility index (Phi) is 9.62. The fourth-order valence-corrected chi connectivity index (χ4v) is 5.35. The van der Waals surface area contributed by atoms with E-state index in [2.05, 4.69) is 34.0 Å². The Balaban J connectivity index is 1.39. The van der Waals surface area contributed by atoms with Crippen molar-refractivity contribution in [3.05, 3.63) is 70.5 Å². The number of nitrogens with zero attached hydrogens (tertiary/aromatic N) is 4. The fourth-order valence-electron chi connectivity index (χ4n) is 3.37. The molecule has 2 aromatic heterocycles. The molecule has 37 heavy (non-hydrogen) atoms. The molecule has 2 aromatic carbocycles. The molecule has 4 rings (SSSR count). The highest BCUT2D eigenvalue weighted by molar-refractivity contribution is 7.99. The number of nitrogens with one attached hydrogen (secondary N) is 1. The van der Waals surface area contributed by atoms with Crippen molar-refractivity contribution in [3.63, 3.8) is 0 Å². The van der Waals surface area contributed by atoms with Crippen LogP contribution >= 0.6 is 46.3 Å². The van der Waals surface area contributed by atoms with Crippen LogP contribution in [0.1, 0.15) is 19.8 Å². The van der Waals surface area contributed by atoms with Gasteiger partial charge < -0.3 is 10.1 Å². The van der Waals surface area contributed by atoms with Crippen LogP contribution in [0, 0.1) is 0 Å². The Morgan fingerprint density at radius 2 is 2.03 bits per heavy atom. The lowest BCUT2D eigenvalue weighted by Gasteiger charge is -2.09. The summed E-state index contributed by atoms with van der Waals surface area (Å²) in [6, 6.07) is 13.0. The summed E-state index contributed by atoms with van der Waals surface area (Å²) in [7, 11) is 0. The molecule has 4 aromatic rings. The van der Waals surface area contributed by atoms with E-state index in [-0.39, 0.29) is 11.7 Å². The molecule has 1 amide bonds. The number of ether oxygens (including phenoxy) is 1. The largest absolute Gasteiger partial charge is 0.494 e. The summed E-state index contributed by atoms with van der Waals surface area (Å²) in [6.45, 7) is 7.19. The summed E-state index contributed by atoms with van der Waals surface area (Å²) in [5, 5.41) is 15.5. The molecule has 0 unspecified atom stereocenters. The van der Waals surface area contributed by atoms with Gasteiger partial charge in [0.25, 0.3) is 0 Å². The van der Waals surface area contributed by atoms with Crippen LogP contribution in [0.15, 0.2) is 65.7 Å². The Morgan fingerprint density at radius 1 is 1.22 bits per heavy atom. The Morgan fingerprint density at radius 3 is 2.76 bits per heavy atom. The van der Waals surface area contributed by atoms with Crippen LogP contribution in [0.3, 0.4) is 0 Å². The predicted octanol–water partition coefficient (Wildman–Crippen LogP) is 7.47. The maximum absolute atomic E-state index is 12.6. The number of thioether (sulfide) groups is 1. The maximum Gasteiger partial charge on any atom is 0.236 e. The molecule has 0 atom stereocenters. The number of hydrogen-bond acceptors (Lipinski definition) is 7. The van der Waals surface area contributed by atoms with Crippen molar-refractivity contribution in [1.29, 1.82) is 0 Å². The molecule has 1 N–H and O–H groups in total. The van der Waals surface area contributed by atoms with Gasteiger partial charge in [0.15, 0.2) is 16.1 Å². The summed E-state index contributed by atoms with van der Waals surface area (Å²) in [4.78, 5) is 17.1. The normalized spacial score (nSPS) is 10.9. The third kappa shape index (κ3) is 7.13. The lowest BCUT2D eigenvalue weighted by Crippen LogP contribution is -2.14. The van der Waals surface area contributed by atoms with E-state index in [0.717, 1.165) is 29.7 Å². The van der Waals surface area contributed by atoms with Gasteiger partial charge in [0.05, 0.1) is 23.1 Å². The molecule has 0 fully saturated rings. The second-order valence-corrected chi connectivity index (χ2v) is 10.6. The minimum absolute atomic E-state index is 0.149. The molecule has 192 valence electrons. The highest BCUT2D eigenvalue weighted by atomic mass is 35.5. The number of thiazole rings is 1. The maximum atomic E-state index is 12.6. The van der Waals surface area contributed by atoms with Crippen LogP contribution in [-0.2, 0) is 11.3 Å². The number of benzene rings is 2. The van der Waals surface area contributed by atoms with E-state index in [9.17, 15) is 4.79 Å². The molecule has 0 saturated heterocycles. The number of amides is 1. The second kappa shape index (κ2) is 13.1. The van der Waals surface area contributed by atoms with Gasteiger partial charge in [0, 0.05) is 28.1 Å². The van der Waals surface area contributed by atoms with Crippen molar-refractivity contribution in [2.75, 3.05) is 17.7 Å². The summed E-state index contributed by atoms with van der Waals surface area (Å²) in [5.41, 5.74) is 2.33. The zero-order chi connectivity index (χ0) is 26.2. The van der Waals surface area contributed by atoms with E-state index < -0.39 is 0 Å². The van der Waals surface area contributed by atoms with Crippen molar-refractivity contribution >= 4 is 57.3 Å². The number of unbranched alkanes of at least 4 members (excludes halogenated alkanes) is 1. The molecule has 0 aliphatic carbocycles. The van der Waals surface area contributed by atoms with E-state index in [1.165, 1.54) is 23.1 Å². The number of aromatic nitrogens is 4. The third-order valence-corrected chi connectivity index (χ3v) is 7.47. The van der Waals surface area contributed by atoms with Gasteiger partial charge in [-0.15, -0.1) is 28.1 Å². The van der Waals surface area contributed by atoms with Crippen molar-refractivity contribution in [2.24, 2.45) is 0 Å². The topological polar surface area (TPSA) is 81.9 Å². The first-order valence-corrected chi connectivity index (χ1v) is 14.2. The fraction of sp³-hybridized carbons (Fsp3) is 0.231. The third-order valence-electron chi connectivity index (χ3n) is 5.20. The molecule has 7 nitrogen and oxygen atoms in total. The van der Waals surface area contributed by atoms with Crippen LogP contribution < -0.4 is 10.1 Å². The number of hydrogen-bond donors (Lipinski definition) is 1. The Labute approximate surface area is 233 Å². The van der Waals surface area contributed by atoms with Gasteiger partial charge in [-0.25, -0.2) is 4.98 Å². The molecule has 0 bridgehead atoms. The molecular weight excluding hydrogens is 549 g/mol. The number of halogens is 2. The molecule has 2 heterocycles. The first-order valence-electron chi connectivity index (χ1n) is 11.6. The van der Waals surface area contributed by atoms with E-state index in [1.807, 2.05) is 34.2 Å². The molecule has 0 aliphatic rings. The Bertz CT molecular complexity index is 1370. The van der Waals surface area contributed by atoms with Crippen LogP contribution in [0.25, 0.3) is 22.6 Å². The molecule has 0 spiro atoms. The van der Waals surface area contributed by atoms with Crippen LogP contribution in [0.4, 0.5) is 5.13 Å². The highest BCUT2D eigenvalue weighted by Gasteiger charge is 2.16. The lowest BCUT2D eigenvalue weighted by atomic mass is 10.2. The van der Waals surface area contributed by atoms with Crippen molar-refractivity contribution < 1.29 is 9.53 Å². The molecule has 0 aliphatic heterocycles. The number of anilines is 1. The van der Waals surface area contributed by atoms with Crippen LogP contribution in [0.2, 0.25) is 10.0 Å². The van der Waals surface area contributed by atoms with Gasteiger partial charge in [0.2, 0.25) is 5.91 Å². The van der Waals surface area contributed by atoms with Crippen LogP contribution in [-0.4, -0.2) is 38.0 Å². The minimum atomic E-state index is -0.198. The number of carbonyl (C=O) groups is 1. The number of rotatable bonds is 12. The summed E-state index contributed by atoms with van der Waals surface area (Å²) in [5.74, 6) is 1.47. The van der Waals surface area contributed by atoms with Gasteiger partial charge in [-0.2, -0.15) is 0 Å². The number of allylic oxidation sites excluding steroid dienone is 1. The van der Waals surface area contributed by atoms with E-state index >= 15 is 0 Å². The summed E-state index contributed by atoms with van der Waals surface area (Å²) < 4.78 is 7.68. The molecular formula is C26H25Cl2N5O2S2. The van der Waals surface area contributed by atoms with Gasteiger partial charge >= 0.3 is 0 Å². The van der Waals surface area contributed by atoms with Crippen molar-refractivity contribution in [1.82, 2.24) is 19.7 Å². The van der Waals surface area contributed by atoms with Gasteiger partial charge in [-0.05, 0) is 48.9 Å². The molecule has 0 radical (unpaired) electrons. The van der Waals surface area contributed by atoms with E-state index in [1.54, 1.807) is 24.3 Å². The highest BCUT2D eigenvalue weighted by Crippen LogP contribution is 2.32. The predicted molar refractivity (Wildman–Crippen MR) is 153 cm³/mol. The van der Waals surface area contributed by atoms with Gasteiger partial charge in [0.1, 0.15) is 5.75 Å². The minimum Gasteiger partial charge on any atom is -0.494 e. The average Bonchev–Trinajstić information content (AvgIpc) is 3.51. The Hall–Kier alpha value is -2.85. The second-order valence-electron chi connectivity index (χ2n) is 7.93. The van der Waals surface area contributed by atoms with Gasteiger partial charge in [-0.1, -0.05) is 54.4 Å². The van der Waals surface area contributed by atoms with Crippen molar-refractivity contribution in [2.45, 2.75) is 31.5 Å². The van der Waals surface area contributed by atoms with Gasteiger partial charge in [-0.3, -0.25) is 9.36 Å². The van der Waals surface area contributed by atoms with Crippen LogP contribution in [0.5, 0.6) is 5.75 Å². The SMILES string of the molecule is C=CCn1c(SCC(=O)Nc2nc(-c3ccc(Cl)cc3Cl)cs2)nnc1-c1ccc(OCCCC)cc1.